The maximum Gasteiger partial charge on any atom is 0.143 e. The van der Waals surface area contributed by atoms with Gasteiger partial charge in [0.15, 0.2) is 0 Å². The molecular weight excluding hydrogens is 224 g/mol. The highest BCUT2D eigenvalue weighted by atomic mass is 16.6. The molecule has 0 aromatic heterocycles. The Bertz CT molecular complexity index is 364. The molecule has 2 rings (SSSR count). The van der Waals surface area contributed by atoms with Crippen molar-refractivity contribution >= 4 is 0 Å². The number of aliphatic hydroxyl groups is 2. The van der Waals surface area contributed by atoms with Crippen LogP contribution in [0.15, 0.2) is 24.3 Å². The molecule has 0 radical (unpaired) electrons. The van der Waals surface area contributed by atoms with Gasteiger partial charge < -0.3 is 24.8 Å². The van der Waals surface area contributed by atoms with E-state index in [2.05, 4.69) is 0 Å². The summed E-state index contributed by atoms with van der Waals surface area (Å²) in [6.45, 7) is -0.178. The average molecular weight is 240 g/mol. The van der Waals surface area contributed by atoms with E-state index >= 15 is 0 Å². The number of benzene rings is 1. The normalized spacial score (nSPS) is 28.5. The van der Waals surface area contributed by atoms with Crippen LogP contribution in [0.2, 0.25) is 0 Å². The van der Waals surface area contributed by atoms with E-state index in [1.807, 2.05) is 0 Å². The zero-order valence-corrected chi connectivity index (χ0v) is 9.37. The number of hydrogen-bond donors (Lipinski definition) is 3. The first-order chi connectivity index (χ1) is 8.13. The van der Waals surface area contributed by atoms with Gasteiger partial charge in [0.1, 0.15) is 18.1 Å². The third-order valence-corrected chi connectivity index (χ3v) is 2.85. The Morgan fingerprint density at radius 3 is 2.71 bits per heavy atom. The van der Waals surface area contributed by atoms with Crippen LogP contribution in [0.5, 0.6) is 5.75 Å². The molecule has 17 heavy (non-hydrogen) atoms. The molecule has 5 nitrogen and oxygen atoms in total. The van der Waals surface area contributed by atoms with Gasteiger partial charge in [0, 0.05) is 6.42 Å². The first-order valence-electron chi connectivity index (χ1n) is 5.44. The standard InChI is InChI=1S/C12H16O5/c13-8-16-6-12(15)5-11(17-7-12)9-1-3-10(14)4-2-9/h1-4,11,13-15H,5-8H2. The van der Waals surface area contributed by atoms with E-state index in [9.17, 15) is 10.2 Å². The van der Waals surface area contributed by atoms with Gasteiger partial charge in [0.2, 0.25) is 0 Å². The molecule has 1 aliphatic rings. The molecule has 2 atom stereocenters. The first kappa shape index (κ1) is 12.3. The van der Waals surface area contributed by atoms with Crippen LogP contribution in [0.3, 0.4) is 0 Å². The Hall–Kier alpha value is -1.14. The highest BCUT2D eigenvalue weighted by Gasteiger charge is 2.39. The van der Waals surface area contributed by atoms with Crippen LogP contribution < -0.4 is 0 Å². The second-order valence-electron chi connectivity index (χ2n) is 4.30. The quantitative estimate of drug-likeness (QED) is 0.670. The summed E-state index contributed by atoms with van der Waals surface area (Å²) in [4.78, 5) is 0. The molecule has 0 aliphatic carbocycles. The molecule has 94 valence electrons. The monoisotopic (exact) mass is 240 g/mol. The molecule has 1 aliphatic heterocycles. The van der Waals surface area contributed by atoms with Crippen molar-refractivity contribution in [2.45, 2.75) is 18.1 Å². The highest BCUT2D eigenvalue weighted by Crippen LogP contribution is 2.35. The fraction of sp³-hybridized carbons (Fsp3) is 0.500. The number of hydrogen-bond acceptors (Lipinski definition) is 5. The predicted molar refractivity (Wildman–Crippen MR) is 59.4 cm³/mol. The summed E-state index contributed by atoms with van der Waals surface area (Å²) in [5.74, 6) is 0.200. The van der Waals surface area contributed by atoms with Crippen molar-refractivity contribution in [1.29, 1.82) is 0 Å². The fourth-order valence-electron chi connectivity index (χ4n) is 1.96. The number of ether oxygens (including phenoxy) is 2. The van der Waals surface area contributed by atoms with E-state index < -0.39 is 12.4 Å². The summed E-state index contributed by atoms with van der Waals surface area (Å²) in [6, 6.07) is 6.69. The largest absolute Gasteiger partial charge is 0.508 e. The summed E-state index contributed by atoms with van der Waals surface area (Å²) in [6.07, 6.45) is 0.209. The summed E-state index contributed by atoms with van der Waals surface area (Å²) < 4.78 is 10.3. The van der Waals surface area contributed by atoms with Crippen LogP contribution >= 0.6 is 0 Å². The summed E-state index contributed by atoms with van der Waals surface area (Å²) in [5.41, 5.74) is -0.145. The highest BCUT2D eigenvalue weighted by molar-refractivity contribution is 5.28. The molecule has 0 saturated carbocycles. The first-order valence-corrected chi connectivity index (χ1v) is 5.44. The van der Waals surface area contributed by atoms with Crippen molar-refractivity contribution in [2.24, 2.45) is 0 Å². The minimum atomic E-state index is -1.05. The Morgan fingerprint density at radius 2 is 2.06 bits per heavy atom. The molecule has 1 heterocycles. The summed E-state index contributed by atoms with van der Waals surface area (Å²) >= 11 is 0. The summed E-state index contributed by atoms with van der Waals surface area (Å²) in [7, 11) is 0. The number of phenols is 1. The van der Waals surface area contributed by atoms with Crippen molar-refractivity contribution in [1.82, 2.24) is 0 Å². The van der Waals surface area contributed by atoms with Gasteiger partial charge in [-0.15, -0.1) is 0 Å². The van der Waals surface area contributed by atoms with E-state index in [4.69, 9.17) is 14.6 Å². The Labute approximate surface area is 99.2 Å². The van der Waals surface area contributed by atoms with Gasteiger partial charge in [0.05, 0.1) is 19.3 Å². The lowest BCUT2D eigenvalue weighted by Gasteiger charge is -2.19. The number of rotatable bonds is 4. The zero-order valence-electron chi connectivity index (χ0n) is 9.37. The number of phenolic OH excluding ortho intramolecular Hbond substituents is 1. The molecule has 2 unspecified atom stereocenters. The van der Waals surface area contributed by atoms with Gasteiger partial charge >= 0.3 is 0 Å². The van der Waals surface area contributed by atoms with E-state index in [0.29, 0.717) is 6.42 Å². The van der Waals surface area contributed by atoms with E-state index in [-0.39, 0.29) is 25.1 Å². The maximum atomic E-state index is 10.1. The lowest BCUT2D eigenvalue weighted by molar-refractivity contribution is -0.0903. The molecule has 1 aromatic rings. The second kappa shape index (κ2) is 5.01. The van der Waals surface area contributed by atoms with Crippen molar-refractivity contribution < 1.29 is 24.8 Å². The van der Waals surface area contributed by atoms with Gasteiger partial charge in [-0.1, -0.05) is 12.1 Å². The minimum Gasteiger partial charge on any atom is -0.508 e. The molecule has 0 spiro atoms. The van der Waals surface area contributed by atoms with Crippen molar-refractivity contribution in [2.75, 3.05) is 20.0 Å². The van der Waals surface area contributed by atoms with Crippen molar-refractivity contribution in [3.63, 3.8) is 0 Å². The van der Waals surface area contributed by atoms with Gasteiger partial charge in [-0.2, -0.15) is 0 Å². The van der Waals surface area contributed by atoms with Crippen LogP contribution in [0.4, 0.5) is 0 Å². The maximum absolute atomic E-state index is 10.1. The molecule has 1 saturated heterocycles. The summed E-state index contributed by atoms with van der Waals surface area (Å²) in [5, 5.41) is 27.8. The van der Waals surface area contributed by atoms with Gasteiger partial charge in [-0.3, -0.25) is 0 Å². The zero-order chi connectivity index (χ0) is 12.3. The molecule has 1 aromatic carbocycles. The smallest absolute Gasteiger partial charge is 0.143 e. The van der Waals surface area contributed by atoms with Crippen LogP contribution in [0.1, 0.15) is 18.1 Å². The third kappa shape index (κ3) is 2.95. The van der Waals surface area contributed by atoms with E-state index in [0.717, 1.165) is 5.56 Å². The lowest BCUT2D eigenvalue weighted by atomic mass is 9.97. The van der Waals surface area contributed by atoms with Crippen molar-refractivity contribution in [3.8, 4) is 5.75 Å². The van der Waals surface area contributed by atoms with Crippen molar-refractivity contribution in [3.05, 3.63) is 29.8 Å². The minimum absolute atomic E-state index is 0.0537. The average Bonchev–Trinajstić information content (AvgIpc) is 2.71. The van der Waals surface area contributed by atoms with Crippen LogP contribution in [0, 0.1) is 0 Å². The fourth-order valence-corrected chi connectivity index (χ4v) is 1.96. The number of aromatic hydroxyl groups is 1. The molecule has 3 N–H and O–H groups in total. The van der Waals surface area contributed by atoms with Crippen LogP contribution in [0.25, 0.3) is 0 Å². The Balaban J connectivity index is 1.99. The van der Waals surface area contributed by atoms with E-state index in [1.54, 1.807) is 24.3 Å². The Kier molecular flexibility index (Phi) is 3.63. The number of aliphatic hydroxyl groups excluding tert-OH is 1. The molecular formula is C12H16O5. The van der Waals surface area contributed by atoms with Crippen LogP contribution in [-0.2, 0) is 9.47 Å². The topological polar surface area (TPSA) is 79.2 Å². The molecule has 0 bridgehead atoms. The third-order valence-electron chi connectivity index (χ3n) is 2.85. The molecule has 1 fully saturated rings. The Morgan fingerprint density at radius 1 is 1.35 bits per heavy atom. The van der Waals surface area contributed by atoms with Gasteiger partial charge in [-0.25, -0.2) is 0 Å². The lowest BCUT2D eigenvalue weighted by Crippen LogP contribution is -2.35. The molecule has 5 heteroatoms. The molecule has 0 amide bonds. The van der Waals surface area contributed by atoms with Crippen LogP contribution in [-0.4, -0.2) is 40.9 Å². The van der Waals surface area contributed by atoms with Gasteiger partial charge in [-0.05, 0) is 17.7 Å². The van der Waals surface area contributed by atoms with E-state index in [1.165, 1.54) is 0 Å². The second-order valence-corrected chi connectivity index (χ2v) is 4.30. The van der Waals surface area contributed by atoms with Gasteiger partial charge in [0.25, 0.3) is 0 Å². The predicted octanol–water partition coefficient (Wildman–Crippen LogP) is 0.551. The SMILES string of the molecule is OCOCC1(O)COC(c2ccc(O)cc2)C1.